The number of benzene rings is 1. The van der Waals surface area contributed by atoms with Crippen molar-refractivity contribution >= 4 is 11.9 Å². The molecule has 0 spiro atoms. The van der Waals surface area contributed by atoms with Crippen LogP contribution in [0, 0.1) is 17.8 Å². The van der Waals surface area contributed by atoms with Gasteiger partial charge in [-0.2, -0.15) is 0 Å². The maximum absolute atomic E-state index is 12.1. The molecular formula is C17H21NO3. The Hall–Kier alpha value is -1.84. The highest BCUT2D eigenvalue weighted by molar-refractivity contribution is 5.87. The van der Waals surface area contributed by atoms with Crippen molar-refractivity contribution in [1.29, 1.82) is 0 Å². The Kier molecular flexibility index (Phi) is 3.95. The van der Waals surface area contributed by atoms with Gasteiger partial charge in [0, 0.05) is 12.5 Å². The lowest BCUT2D eigenvalue weighted by Gasteiger charge is -2.05. The highest BCUT2D eigenvalue weighted by atomic mass is 16.4. The van der Waals surface area contributed by atoms with E-state index in [1.165, 1.54) is 25.7 Å². The zero-order valence-electron chi connectivity index (χ0n) is 12.0. The van der Waals surface area contributed by atoms with Gasteiger partial charge in [0.25, 0.3) is 0 Å². The molecule has 2 aliphatic carbocycles. The van der Waals surface area contributed by atoms with Crippen LogP contribution in [0.2, 0.25) is 0 Å². The molecule has 3 rings (SSSR count). The van der Waals surface area contributed by atoms with E-state index in [2.05, 4.69) is 5.32 Å². The number of nitrogens with one attached hydrogen (secondary N) is 1. The molecule has 0 heterocycles. The van der Waals surface area contributed by atoms with Crippen LogP contribution >= 0.6 is 0 Å². The van der Waals surface area contributed by atoms with E-state index in [1.54, 1.807) is 12.1 Å². The molecule has 0 aromatic heterocycles. The molecular weight excluding hydrogens is 266 g/mol. The average Bonchev–Trinajstić information content (AvgIpc) is 3.22. The fourth-order valence-corrected chi connectivity index (χ4v) is 3.64. The minimum Gasteiger partial charge on any atom is -0.478 e. The average molecular weight is 287 g/mol. The molecule has 1 amide bonds. The summed E-state index contributed by atoms with van der Waals surface area (Å²) in [4.78, 5) is 22.9. The summed E-state index contributed by atoms with van der Waals surface area (Å²) in [5.41, 5.74) is 1.35. The SMILES string of the molecule is O=C(O)c1ccc(CCNC(=O)C2C3CCCCC32)cc1. The predicted octanol–water partition coefficient (Wildman–Crippen LogP) is 2.48. The zero-order valence-corrected chi connectivity index (χ0v) is 12.0. The van der Waals surface area contributed by atoms with Gasteiger partial charge in [-0.05, 0) is 48.8 Å². The van der Waals surface area contributed by atoms with E-state index in [9.17, 15) is 9.59 Å². The lowest BCUT2D eigenvalue weighted by molar-refractivity contribution is -0.122. The second-order valence-electron chi connectivity index (χ2n) is 6.18. The van der Waals surface area contributed by atoms with Crippen molar-refractivity contribution in [2.45, 2.75) is 32.1 Å². The van der Waals surface area contributed by atoms with Crippen molar-refractivity contribution in [3.05, 3.63) is 35.4 Å². The van der Waals surface area contributed by atoms with Gasteiger partial charge in [0.05, 0.1) is 5.56 Å². The van der Waals surface area contributed by atoms with E-state index in [-0.39, 0.29) is 11.8 Å². The molecule has 2 unspecified atom stereocenters. The molecule has 2 atom stereocenters. The van der Waals surface area contributed by atoms with Crippen molar-refractivity contribution in [2.24, 2.45) is 17.8 Å². The Morgan fingerprint density at radius 3 is 2.29 bits per heavy atom. The number of carbonyl (C=O) groups excluding carboxylic acids is 1. The van der Waals surface area contributed by atoms with Gasteiger partial charge in [-0.1, -0.05) is 25.0 Å². The molecule has 0 radical (unpaired) electrons. The Bertz CT molecular complexity index is 525. The minimum absolute atomic E-state index is 0.217. The van der Waals surface area contributed by atoms with E-state index in [0.29, 0.717) is 23.9 Å². The summed E-state index contributed by atoms with van der Waals surface area (Å²) in [5, 5.41) is 11.9. The first-order valence-electron chi connectivity index (χ1n) is 7.77. The van der Waals surface area contributed by atoms with Crippen LogP contribution in [0.25, 0.3) is 0 Å². The van der Waals surface area contributed by atoms with Crippen LogP contribution in [-0.2, 0) is 11.2 Å². The Balaban J connectivity index is 1.43. The van der Waals surface area contributed by atoms with Gasteiger partial charge < -0.3 is 10.4 Å². The number of fused-ring (bicyclic) bond motifs is 1. The van der Waals surface area contributed by atoms with Crippen LogP contribution in [0.5, 0.6) is 0 Å². The van der Waals surface area contributed by atoms with Gasteiger partial charge in [0.1, 0.15) is 0 Å². The highest BCUT2D eigenvalue weighted by Gasteiger charge is 2.54. The molecule has 1 aromatic carbocycles. The smallest absolute Gasteiger partial charge is 0.335 e. The maximum atomic E-state index is 12.1. The van der Waals surface area contributed by atoms with Crippen LogP contribution < -0.4 is 5.32 Å². The molecule has 0 bridgehead atoms. The summed E-state index contributed by atoms with van der Waals surface area (Å²) in [5.74, 6) is 0.865. The third-order valence-corrected chi connectivity index (χ3v) is 4.87. The predicted molar refractivity (Wildman–Crippen MR) is 79.1 cm³/mol. The molecule has 2 fully saturated rings. The fourth-order valence-electron chi connectivity index (χ4n) is 3.64. The number of hydrogen-bond donors (Lipinski definition) is 2. The summed E-state index contributed by atoms with van der Waals surface area (Å²) < 4.78 is 0. The Labute approximate surface area is 124 Å². The summed E-state index contributed by atoms with van der Waals surface area (Å²) in [6.07, 6.45) is 5.74. The van der Waals surface area contributed by atoms with Gasteiger partial charge in [-0.3, -0.25) is 4.79 Å². The first-order chi connectivity index (χ1) is 10.2. The van der Waals surface area contributed by atoms with Crippen molar-refractivity contribution in [1.82, 2.24) is 5.32 Å². The third kappa shape index (κ3) is 3.09. The zero-order chi connectivity index (χ0) is 14.8. The number of aromatic carboxylic acids is 1. The molecule has 1 aromatic rings. The molecule has 21 heavy (non-hydrogen) atoms. The monoisotopic (exact) mass is 287 g/mol. The number of carboxylic acid groups (broad SMARTS) is 1. The number of hydrogen-bond acceptors (Lipinski definition) is 2. The minimum atomic E-state index is -0.911. The second-order valence-corrected chi connectivity index (χ2v) is 6.18. The van der Waals surface area contributed by atoms with E-state index in [1.807, 2.05) is 12.1 Å². The van der Waals surface area contributed by atoms with Gasteiger partial charge in [0.2, 0.25) is 5.91 Å². The quantitative estimate of drug-likeness (QED) is 0.874. The Morgan fingerprint density at radius 1 is 1.10 bits per heavy atom. The highest BCUT2D eigenvalue weighted by Crippen LogP contribution is 2.55. The van der Waals surface area contributed by atoms with Crippen molar-refractivity contribution in [2.75, 3.05) is 6.54 Å². The molecule has 112 valence electrons. The van der Waals surface area contributed by atoms with E-state index in [0.717, 1.165) is 12.0 Å². The lowest BCUT2D eigenvalue weighted by atomic mass is 10.0. The number of carboxylic acids is 1. The van der Waals surface area contributed by atoms with Gasteiger partial charge >= 0.3 is 5.97 Å². The van der Waals surface area contributed by atoms with E-state index >= 15 is 0 Å². The van der Waals surface area contributed by atoms with Crippen molar-refractivity contribution in [3.8, 4) is 0 Å². The molecule has 2 saturated carbocycles. The van der Waals surface area contributed by atoms with Crippen LogP contribution in [0.3, 0.4) is 0 Å². The second kappa shape index (κ2) is 5.88. The molecule has 4 heteroatoms. The number of rotatable bonds is 5. The molecule has 2 aliphatic rings. The van der Waals surface area contributed by atoms with Gasteiger partial charge in [0.15, 0.2) is 0 Å². The van der Waals surface area contributed by atoms with Crippen LogP contribution in [-0.4, -0.2) is 23.5 Å². The first kappa shape index (κ1) is 14.1. The van der Waals surface area contributed by atoms with Gasteiger partial charge in [-0.25, -0.2) is 4.79 Å². The van der Waals surface area contributed by atoms with Gasteiger partial charge in [-0.15, -0.1) is 0 Å². The summed E-state index contributed by atoms with van der Waals surface area (Å²) in [6.45, 7) is 0.626. The topological polar surface area (TPSA) is 66.4 Å². The van der Waals surface area contributed by atoms with Crippen LogP contribution in [0.4, 0.5) is 0 Å². The molecule has 4 nitrogen and oxygen atoms in total. The third-order valence-electron chi connectivity index (χ3n) is 4.87. The largest absolute Gasteiger partial charge is 0.478 e. The Morgan fingerprint density at radius 2 is 1.71 bits per heavy atom. The van der Waals surface area contributed by atoms with Crippen molar-refractivity contribution in [3.63, 3.8) is 0 Å². The summed E-state index contributed by atoms with van der Waals surface area (Å²) in [6, 6.07) is 6.84. The van der Waals surface area contributed by atoms with Crippen LogP contribution in [0.15, 0.2) is 24.3 Å². The molecule has 2 N–H and O–H groups in total. The normalized spacial score (nSPS) is 26.8. The molecule has 0 aliphatic heterocycles. The summed E-state index contributed by atoms with van der Waals surface area (Å²) >= 11 is 0. The fraction of sp³-hybridized carbons (Fsp3) is 0.529. The first-order valence-corrected chi connectivity index (χ1v) is 7.77. The molecule has 0 saturated heterocycles. The number of amides is 1. The van der Waals surface area contributed by atoms with Crippen LogP contribution in [0.1, 0.15) is 41.6 Å². The number of carbonyl (C=O) groups is 2. The van der Waals surface area contributed by atoms with Crippen molar-refractivity contribution < 1.29 is 14.7 Å². The maximum Gasteiger partial charge on any atom is 0.335 e. The van der Waals surface area contributed by atoms with E-state index < -0.39 is 5.97 Å². The standard InChI is InChI=1S/C17H21NO3/c19-16(15-13-3-1-2-4-14(13)15)18-10-9-11-5-7-12(8-6-11)17(20)21/h5-8,13-15H,1-4,9-10H2,(H,18,19)(H,20,21). The summed E-state index contributed by atoms with van der Waals surface area (Å²) in [7, 11) is 0. The van der Waals surface area contributed by atoms with E-state index in [4.69, 9.17) is 5.11 Å². The lowest BCUT2D eigenvalue weighted by Crippen LogP contribution is -2.28.